The average Bonchev–Trinajstić information content (AvgIpc) is 2.98. The van der Waals surface area contributed by atoms with Crippen molar-refractivity contribution >= 4 is 5.97 Å². The standard InChI is InChI=1S/C11H13F2N5O2/c1-2-3-7-9(10(19)20)15-16-18(7)6-8-14-4-5-17(8)11(12)13/h4-5,11H,2-3,6H2,1H3,(H,19,20). The summed E-state index contributed by atoms with van der Waals surface area (Å²) in [4.78, 5) is 14.9. The summed E-state index contributed by atoms with van der Waals surface area (Å²) in [6, 6.07) is 0. The Morgan fingerprint density at radius 3 is 2.85 bits per heavy atom. The number of aromatic nitrogens is 5. The van der Waals surface area contributed by atoms with Gasteiger partial charge in [0, 0.05) is 12.4 Å². The van der Waals surface area contributed by atoms with Crippen LogP contribution in [0, 0.1) is 0 Å². The van der Waals surface area contributed by atoms with Crippen molar-refractivity contribution in [1.82, 2.24) is 24.5 Å². The normalized spacial score (nSPS) is 11.2. The number of aromatic carboxylic acids is 1. The number of imidazole rings is 1. The SMILES string of the molecule is CCCc1c(C(=O)O)nnn1Cc1nccn1C(F)F. The molecule has 0 saturated carbocycles. The molecular weight excluding hydrogens is 272 g/mol. The number of hydrogen-bond acceptors (Lipinski definition) is 4. The summed E-state index contributed by atoms with van der Waals surface area (Å²) in [5.41, 5.74) is 0.255. The third kappa shape index (κ3) is 2.65. The third-order valence-electron chi connectivity index (χ3n) is 2.78. The first-order valence-electron chi connectivity index (χ1n) is 6.00. The van der Waals surface area contributed by atoms with Crippen molar-refractivity contribution in [3.63, 3.8) is 0 Å². The van der Waals surface area contributed by atoms with Crippen molar-refractivity contribution in [3.05, 3.63) is 29.6 Å². The summed E-state index contributed by atoms with van der Waals surface area (Å²) >= 11 is 0. The number of hydrogen-bond donors (Lipinski definition) is 1. The monoisotopic (exact) mass is 285 g/mol. The first-order valence-corrected chi connectivity index (χ1v) is 6.00. The highest BCUT2D eigenvalue weighted by Gasteiger charge is 2.20. The number of carboxylic acids is 1. The van der Waals surface area contributed by atoms with Crippen molar-refractivity contribution in [2.24, 2.45) is 0 Å². The Balaban J connectivity index is 2.33. The fourth-order valence-electron chi connectivity index (χ4n) is 1.89. The Labute approximate surface area is 112 Å². The first kappa shape index (κ1) is 14.1. The zero-order valence-corrected chi connectivity index (χ0v) is 10.7. The molecule has 0 amide bonds. The highest BCUT2D eigenvalue weighted by atomic mass is 19.3. The Morgan fingerprint density at radius 2 is 2.25 bits per heavy atom. The second-order valence-electron chi connectivity index (χ2n) is 4.13. The van der Waals surface area contributed by atoms with Gasteiger partial charge in [0.05, 0.1) is 5.69 Å². The molecule has 0 atom stereocenters. The molecule has 0 aromatic carbocycles. The molecule has 0 spiro atoms. The molecule has 1 N–H and O–H groups in total. The van der Waals surface area contributed by atoms with Gasteiger partial charge in [-0.1, -0.05) is 18.6 Å². The Kier molecular flexibility index (Phi) is 4.06. The van der Waals surface area contributed by atoms with Crippen molar-refractivity contribution in [1.29, 1.82) is 0 Å². The highest BCUT2D eigenvalue weighted by Crippen LogP contribution is 2.15. The summed E-state index contributed by atoms with van der Waals surface area (Å²) in [5, 5.41) is 16.3. The van der Waals surface area contributed by atoms with E-state index in [0.717, 1.165) is 6.20 Å². The van der Waals surface area contributed by atoms with E-state index in [1.54, 1.807) is 0 Å². The maximum absolute atomic E-state index is 12.7. The molecule has 2 aromatic rings. The van der Waals surface area contributed by atoms with Crippen molar-refractivity contribution in [3.8, 4) is 0 Å². The molecule has 2 heterocycles. The van der Waals surface area contributed by atoms with Crippen LogP contribution in [0.25, 0.3) is 0 Å². The maximum Gasteiger partial charge on any atom is 0.358 e. The molecule has 20 heavy (non-hydrogen) atoms. The minimum Gasteiger partial charge on any atom is -0.476 e. The topological polar surface area (TPSA) is 85.8 Å². The lowest BCUT2D eigenvalue weighted by Gasteiger charge is -2.08. The van der Waals surface area contributed by atoms with E-state index in [1.165, 1.54) is 10.9 Å². The maximum atomic E-state index is 12.7. The largest absolute Gasteiger partial charge is 0.476 e. The Hall–Kier alpha value is -2.32. The molecule has 0 unspecified atom stereocenters. The minimum atomic E-state index is -2.70. The van der Waals surface area contributed by atoms with Gasteiger partial charge in [-0.3, -0.25) is 4.57 Å². The van der Waals surface area contributed by atoms with Gasteiger partial charge in [0.15, 0.2) is 5.69 Å². The van der Waals surface area contributed by atoms with Crippen LogP contribution in [-0.2, 0) is 13.0 Å². The van der Waals surface area contributed by atoms with E-state index in [2.05, 4.69) is 15.3 Å². The second kappa shape index (κ2) is 5.76. The first-order chi connectivity index (χ1) is 9.54. The molecule has 2 rings (SSSR count). The molecule has 9 heteroatoms. The lowest BCUT2D eigenvalue weighted by atomic mass is 10.2. The van der Waals surface area contributed by atoms with E-state index in [4.69, 9.17) is 5.11 Å². The Bertz CT molecular complexity index is 608. The van der Waals surface area contributed by atoms with E-state index < -0.39 is 12.5 Å². The summed E-state index contributed by atoms with van der Waals surface area (Å²) in [5.74, 6) is -1.09. The number of rotatable bonds is 6. The van der Waals surface area contributed by atoms with Crippen molar-refractivity contribution < 1.29 is 18.7 Å². The van der Waals surface area contributed by atoms with Gasteiger partial charge in [-0.2, -0.15) is 8.78 Å². The number of carboxylic acid groups (broad SMARTS) is 1. The van der Waals surface area contributed by atoms with E-state index in [-0.39, 0.29) is 18.1 Å². The molecule has 0 bridgehead atoms. The van der Waals surface area contributed by atoms with Crippen LogP contribution in [0.5, 0.6) is 0 Å². The molecule has 0 saturated heterocycles. The number of nitrogens with zero attached hydrogens (tertiary/aromatic N) is 5. The highest BCUT2D eigenvalue weighted by molar-refractivity contribution is 5.86. The van der Waals surface area contributed by atoms with Gasteiger partial charge < -0.3 is 5.11 Å². The van der Waals surface area contributed by atoms with Gasteiger partial charge in [-0.25, -0.2) is 14.5 Å². The fraction of sp³-hybridized carbons (Fsp3) is 0.455. The average molecular weight is 285 g/mol. The molecule has 108 valence electrons. The van der Waals surface area contributed by atoms with Crippen LogP contribution in [0.4, 0.5) is 8.78 Å². The van der Waals surface area contributed by atoms with Crippen LogP contribution in [0.15, 0.2) is 12.4 Å². The van der Waals surface area contributed by atoms with Gasteiger partial charge in [-0.05, 0) is 6.42 Å². The molecule has 0 aliphatic rings. The smallest absolute Gasteiger partial charge is 0.358 e. The van der Waals surface area contributed by atoms with E-state index >= 15 is 0 Å². The van der Waals surface area contributed by atoms with Crippen molar-refractivity contribution in [2.75, 3.05) is 0 Å². The zero-order chi connectivity index (χ0) is 14.7. The molecule has 0 aliphatic carbocycles. The molecule has 7 nitrogen and oxygen atoms in total. The number of carbonyl (C=O) groups is 1. The van der Waals surface area contributed by atoms with Gasteiger partial charge in [0.1, 0.15) is 12.4 Å². The van der Waals surface area contributed by atoms with Crippen LogP contribution in [0.3, 0.4) is 0 Å². The number of halogens is 2. The predicted octanol–water partition coefficient (Wildman–Crippen LogP) is 1.57. The van der Waals surface area contributed by atoms with Gasteiger partial charge in [-0.15, -0.1) is 5.10 Å². The minimum absolute atomic E-state index is 0.0487. The van der Waals surface area contributed by atoms with E-state index in [1.807, 2.05) is 6.92 Å². The summed E-state index contributed by atoms with van der Waals surface area (Å²) in [6.45, 7) is -0.875. The zero-order valence-electron chi connectivity index (χ0n) is 10.7. The van der Waals surface area contributed by atoms with E-state index in [9.17, 15) is 13.6 Å². The van der Waals surface area contributed by atoms with Gasteiger partial charge >= 0.3 is 12.5 Å². The summed E-state index contributed by atoms with van der Waals surface area (Å²) in [7, 11) is 0. The quantitative estimate of drug-likeness (QED) is 0.870. The van der Waals surface area contributed by atoms with Gasteiger partial charge in [0.2, 0.25) is 0 Å². The van der Waals surface area contributed by atoms with Gasteiger partial charge in [0.25, 0.3) is 0 Å². The lowest BCUT2D eigenvalue weighted by molar-refractivity contribution is 0.0661. The number of alkyl halides is 2. The summed E-state index contributed by atoms with van der Waals surface area (Å²) < 4.78 is 27.5. The van der Waals surface area contributed by atoms with E-state index in [0.29, 0.717) is 23.1 Å². The molecule has 2 aromatic heterocycles. The van der Waals surface area contributed by atoms with Crippen LogP contribution < -0.4 is 0 Å². The molecule has 0 radical (unpaired) electrons. The van der Waals surface area contributed by atoms with Crippen LogP contribution in [0.2, 0.25) is 0 Å². The van der Waals surface area contributed by atoms with Crippen LogP contribution in [0.1, 0.15) is 41.9 Å². The third-order valence-corrected chi connectivity index (χ3v) is 2.78. The van der Waals surface area contributed by atoms with Crippen molar-refractivity contribution in [2.45, 2.75) is 32.9 Å². The lowest BCUT2D eigenvalue weighted by Crippen LogP contribution is -2.13. The molecular formula is C11H13F2N5O2. The molecule has 0 fully saturated rings. The summed E-state index contributed by atoms with van der Waals surface area (Å²) in [6.07, 6.45) is 3.56. The van der Waals surface area contributed by atoms with Crippen LogP contribution in [-0.4, -0.2) is 35.6 Å². The molecule has 0 aliphatic heterocycles. The predicted molar refractivity (Wildman–Crippen MR) is 63.6 cm³/mol. The fourth-order valence-corrected chi connectivity index (χ4v) is 1.89. The van der Waals surface area contributed by atoms with Crippen LogP contribution >= 0.6 is 0 Å². The second-order valence-corrected chi connectivity index (χ2v) is 4.13. The Morgan fingerprint density at radius 1 is 1.50 bits per heavy atom.